The van der Waals surface area contributed by atoms with Crippen LogP contribution < -0.4 is 0 Å². The van der Waals surface area contributed by atoms with Crippen molar-refractivity contribution in [1.29, 1.82) is 0 Å². The van der Waals surface area contributed by atoms with Gasteiger partial charge < -0.3 is 9.64 Å². The average Bonchev–Trinajstić information content (AvgIpc) is 2.53. The number of nitro groups is 1. The summed E-state index contributed by atoms with van der Waals surface area (Å²) in [7, 11) is -3.84. The fourth-order valence-electron chi connectivity index (χ4n) is 2.96. The lowest BCUT2D eigenvalue weighted by atomic mass is 10.0. The number of nitro benzene ring substituents is 1. The highest BCUT2D eigenvalue weighted by Crippen LogP contribution is 2.28. The monoisotopic (exact) mass is 384 g/mol. The van der Waals surface area contributed by atoms with Crippen LogP contribution in [0.2, 0.25) is 0 Å². The van der Waals surface area contributed by atoms with Crippen LogP contribution >= 0.6 is 0 Å². The Morgan fingerprint density at radius 3 is 2.62 bits per heavy atom. The zero-order chi connectivity index (χ0) is 19.5. The number of hydrogen-bond acceptors (Lipinski definition) is 6. The van der Waals surface area contributed by atoms with E-state index in [1.807, 2.05) is 0 Å². The number of amides is 1. The number of sulfone groups is 1. The van der Waals surface area contributed by atoms with Crippen LogP contribution in [0.3, 0.4) is 0 Å². The van der Waals surface area contributed by atoms with Gasteiger partial charge in [-0.05, 0) is 45.6 Å². The molecule has 1 heterocycles. The van der Waals surface area contributed by atoms with Crippen molar-refractivity contribution in [3.8, 4) is 0 Å². The minimum absolute atomic E-state index is 0.239. The van der Waals surface area contributed by atoms with E-state index in [2.05, 4.69) is 0 Å². The molecule has 1 aromatic rings. The molecule has 0 saturated carbocycles. The number of likely N-dealkylation sites (tertiary alicyclic amines) is 1. The second-order valence-corrected chi connectivity index (χ2v) is 9.44. The lowest BCUT2D eigenvalue weighted by molar-refractivity contribution is -0.387. The molecule has 1 fully saturated rings. The molecule has 2 rings (SSSR count). The Labute approximate surface area is 153 Å². The molecule has 1 amide bonds. The van der Waals surface area contributed by atoms with Crippen LogP contribution in [0.4, 0.5) is 10.5 Å². The average molecular weight is 384 g/mol. The van der Waals surface area contributed by atoms with Gasteiger partial charge in [-0.2, -0.15) is 0 Å². The Balaban J connectivity index is 2.13. The van der Waals surface area contributed by atoms with Crippen LogP contribution in [0.1, 0.15) is 33.6 Å². The van der Waals surface area contributed by atoms with E-state index in [-0.39, 0.29) is 23.1 Å². The predicted molar refractivity (Wildman–Crippen MR) is 95.7 cm³/mol. The molecule has 9 heteroatoms. The van der Waals surface area contributed by atoms with Gasteiger partial charge in [0.15, 0.2) is 9.84 Å². The van der Waals surface area contributed by atoms with Crippen LogP contribution in [0, 0.1) is 16.0 Å². The first kappa shape index (κ1) is 20.2. The predicted octanol–water partition coefficient (Wildman–Crippen LogP) is 3.02. The fourth-order valence-corrected chi connectivity index (χ4v) is 4.78. The smallest absolute Gasteiger partial charge is 0.410 e. The Morgan fingerprint density at radius 2 is 2.00 bits per heavy atom. The molecule has 0 spiro atoms. The van der Waals surface area contributed by atoms with Gasteiger partial charge in [0.25, 0.3) is 5.69 Å². The Hall–Kier alpha value is -2.16. The zero-order valence-corrected chi connectivity index (χ0v) is 16.0. The maximum Gasteiger partial charge on any atom is 0.410 e. The molecule has 0 N–H and O–H groups in total. The van der Waals surface area contributed by atoms with Crippen molar-refractivity contribution in [2.24, 2.45) is 5.92 Å². The number of ether oxygens (including phenoxy) is 1. The molecule has 0 bridgehead atoms. The van der Waals surface area contributed by atoms with Gasteiger partial charge >= 0.3 is 6.09 Å². The maximum atomic E-state index is 12.7. The van der Waals surface area contributed by atoms with Gasteiger partial charge in [-0.15, -0.1) is 0 Å². The van der Waals surface area contributed by atoms with Crippen LogP contribution in [0.5, 0.6) is 0 Å². The molecule has 26 heavy (non-hydrogen) atoms. The number of benzene rings is 1. The first-order chi connectivity index (χ1) is 12.0. The van der Waals surface area contributed by atoms with E-state index in [1.165, 1.54) is 29.2 Å². The largest absolute Gasteiger partial charge is 0.444 e. The molecular formula is C17H24N2O6S. The molecule has 144 valence electrons. The lowest BCUT2D eigenvalue weighted by Gasteiger charge is -2.34. The number of carbonyl (C=O) groups is 1. The summed E-state index contributed by atoms with van der Waals surface area (Å²) in [6, 6.07) is 5.33. The number of para-hydroxylation sites is 1. The molecule has 1 saturated heterocycles. The van der Waals surface area contributed by atoms with E-state index in [9.17, 15) is 23.3 Å². The second-order valence-electron chi connectivity index (χ2n) is 7.44. The molecule has 1 aromatic carbocycles. The van der Waals surface area contributed by atoms with Crippen molar-refractivity contribution in [3.05, 3.63) is 34.4 Å². The number of carbonyl (C=O) groups excluding carboxylic acids is 1. The summed E-state index contributed by atoms with van der Waals surface area (Å²) in [5.41, 5.74) is -1.05. The van der Waals surface area contributed by atoms with Crippen molar-refractivity contribution >= 4 is 21.6 Å². The summed E-state index contributed by atoms with van der Waals surface area (Å²) in [6.07, 6.45) is 0.834. The van der Waals surface area contributed by atoms with E-state index in [0.29, 0.717) is 19.4 Å². The standard InChI is InChI=1S/C17H24N2O6S/c1-17(2,3)25-16(20)18-10-6-7-13(11-18)12-26(23,24)15-9-5-4-8-14(15)19(21)22/h4-5,8-9,13H,6-7,10-12H2,1-3H3. The molecule has 1 aliphatic heterocycles. The van der Waals surface area contributed by atoms with Crippen molar-refractivity contribution < 1.29 is 22.9 Å². The molecule has 1 aliphatic rings. The first-order valence-electron chi connectivity index (χ1n) is 8.44. The van der Waals surface area contributed by atoms with Crippen molar-refractivity contribution in [2.75, 3.05) is 18.8 Å². The summed E-state index contributed by atoms with van der Waals surface area (Å²) in [6.45, 7) is 6.08. The van der Waals surface area contributed by atoms with Crippen LogP contribution in [-0.4, -0.2) is 48.8 Å². The number of rotatable bonds is 4. The van der Waals surface area contributed by atoms with Crippen molar-refractivity contribution in [3.63, 3.8) is 0 Å². The third-order valence-electron chi connectivity index (χ3n) is 4.02. The summed E-state index contributed by atoms with van der Waals surface area (Å²) in [4.78, 5) is 23.8. The van der Waals surface area contributed by atoms with Gasteiger partial charge in [0.2, 0.25) is 0 Å². The van der Waals surface area contributed by atoms with E-state index in [4.69, 9.17) is 4.74 Å². The topological polar surface area (TPSA) is 107 Å². The molecule has 1 unspecified atom stereocenters. The summed E-state index contributed by atoms with van der Waals surface area (Å²) >= 11 is 0. The van der Waals surface area contributed by atoms with Crippen LogP contribution in [-0.2, 0) is 14.6 Å². The zero-order valence-electron chi connectivity index (χ0n) is 15.2. The highest BCUT2D eigenvalue weighted by atomic mass is 32.2. The Kier molecular flexibility index (Phi) is 5.90. The Morgan fingerprint density at radius 1 is 1.35 bits per heavy atom. The lowest BCUT2D eigenvalue weighted by Crippen LogP contribution is -2.44. The third-order valence-corrected chi connectivity index (χ3v) is 5.95. The quantitative estimate of drug-likeness (QED) is 0.583. The van der Waals surface area contributed by atoms with Crippen molar-refractivity contribution in [2.45, 2.75) is 44.1 Å². The third kappa shape index (κ3) is 5.17. The SMILES string of the molecule is CC(C)(C)OC(=O)N1CCCC(CS(=O)(=O)c2ccccc2[N+](=O)[O-])C1. The minimum Gasteiger partial charge on any atom is -0.444 e. The minimum atomic E-state index is -3.84. The van der Waals surface area contributed by atoms with Crippen LogP contribution in [0.15, 0.2) is 29.2 Å². The molecule has 0 aliphatic carbocycles. The number of nitrogens with zero attached hydrogens (tertiary/aromatic N) is 2. The molecular weight excluding hydrogens is 360 g/mol. The van der Waals surface area contributed by atoms with Gasteiger partial charge in [-0.3, -0.25) is 10.1 Å². The van der Waals surface area contributed by atoms with Gasteiger partial charge in [0.05, 0.1) is 10.7 Å². The van der Waals surface area contributed by atoms with E-state index < -0.39 is 32.1 Å². The number of piperidine rings is 1. The van der Waals surface area contributed by atoms with Gasteiger partial charge in [0, 0.05) is 19.2 Å². The van der Waals surface area contributed by atoms with Crippen molar-refractivity contribution in [1.82, 2.24) is 4.90 Å². The highest BCUT2D eigenvalue weighted by Gasteiger charge is 2.33. The Bertz CT molecular complexity index is 785. The maximum absolute atomic E-state index is 12.7. The second kappa shape index (κ2) is 7.61. The molecule has 0 aromatic heterocycles. The number of hydrogen-bond donors (Lipinski definition) is 0. The first-order valence-corrected chi connectivity index (χ1v) is 10.1. The van der Waals surface area contributed by atoms with Gasteiger partial charge in [-0.25, -0.2) is 13.2 Å². The van der Waals surface area contributed by atoms with E-state index in [1.54, 1.807) is 20.8 Å². The van der Waals surface area contributed by atoms with E-state index in [0.717, 1.165) is 0 Å². The van der Waals surface area contributed by atoms with Crippen LogP contribution in [0.25, 0.3) is 0 Å². The highest BCUT2D eigenvalue weighted by molar-refractivity contribution is 7.91. The van der Waals surface area contributed by atoms with Gasteiger partial charge in [0.1, 0.15) is 10.5 Å². The normalized spacial score (nSPS) is 18.4. The summed E-state index contributed by atoms with van der Waals surface area (Å²) < 4.78 is 30.7. The molecule has 1 atom stereocenters. The summed E-state index contributed by atoms with van der Waals surface area (Å²) in [5, 5.41) is 11.1. The van der Waals surface area contributed by atoms with Gasteiger partial charge in [-0.1, -0.05) is 12.1 Å². The molecule has 0 radical (unpaired) electrons. The fraction of sp³-hybridized carbons (Fsp3) is 0.588. The van der Waals surface area contributed by atoms with E-state index >= 15 is 0 Å². The summed E-state index contributed by atoms with van der Waals surface area (Å²) in [5.74, 6) is -0.530. The molecule has 8 nitrogen and oxygen atoms in total.